The molecule has 0 atom stereocenters. The molecule has 5 amide bonds. The first-order chi connectivity index (χ1) is 21.9. The number of para-hydroxylation sites is 1. The molecular formula is C36H42N4O6. The molecular weight excluding hydrogens is 584 g/mol. The zero-order valence-corrected chi connectivity index (χ0v) is 27.0. The number of nitrogens with one attached hydrogen (secondary N) is 2. The van der Waals surface area contributed by atoms with E-state index in [0.717, 1.165) is 27.3 Å². The predicted molar refractivity (Wildman–Crippen MR) is 174 cm³/mol. The van der Waals surface area contributed by atoms with Gasteiger partial charge in [-0.2, -0.15) is 0 Å². The van der Waals surface area contributed by atoms with Gasteiger partial charge in [-0.05, 0) is 50.5 Å². The molecule has 2 aromatic rings. The first kappa shape index (κ1) is 34.1. The third kappa shape index (κ3) is 9.14. The van der Waals surface area contributed by atoms with Crippen LogP contribution in [0.15, 0.2) is 60.7 Å². The van der Waals surface area contributed by atoms with Crippen LogP contribution in [0.2, 0.25) is 0 Å². The lowest BCUT2D eigenvalue weighted by Crippen LogP contribution is -2.41. The van der Waals surface area contributed by atoms with Crippen molar-refractivity contribution in [3.8, 4) is 11.8 Å². The van der Waals surface area contributed by atoms with Crippen molar-refractivity contribution in [3.63, 3.8) is 0 Å². The Morgan fingerprint density at radius 2 is 1.48 bits per heavy atom. The van der Waals surface area contributed by atoms with E-state index < -0.39 is 22.8 Å². The Labute approximate surface area is 270 Å². The van der Waals surface area contributed by atoms with Gasteiger partial charge in [0.2, 0.25) is 17.7 Å². The Kier molecular flexibility index (Phi) is 11.1. The minimum Gasteiger partial charge on any atom is -0.375 e. The fraction of sp³-hybridized carbons (Fsp3) is 0.417. The van der Waals surface area contributed by atoms with E-state index in [1.54, 1.807) is 4.90 Å². The Morgan fingerprint density at radius 1 is 0.826 bits per heavy atom. The predicted octanol–water partition coefficient (Wildman–Crippen LogP) is 3.47. The van der Waals surface area contributed by atoms with Gasteiger partial charge in [-0.3, -0.25) is 28.9 Å². The highest BCUT2D eigenvalue weighted by molar-refractivity contribution is 6.13. The number of ether oxygens (including phenoxy) is 1. The van der Waals surface area contributed by atoms with Gasteiger partial charge in [0.1, 0.15) is 0 Å². The van der Waals surface area contributed by atoms with Crippen LogP contribution in [0, 0.1) is 17.3 Å². The van der Waals surface area contributed by atoms with Crippen LogP contribution in [0.4, 0.5) is 5.69 Å². The molecule has 0 fully saturated rings. The Balaban J connectivity index is 1.18. The van der Waals surface area contributed by atoms with E-state index >= 15 is 0 Å². The molecule has 0 radical (unpaired) electrons. The average Bonchev–Trinajstić information content (AvgIpc) is 3.33. The van der Waals surface area contributed by atoms with Gasteiger partial charge in [-0.15, -0.1) is 0 Å². The molecule has 0 saturated carbocycles. The van der Waals surface area contributed by atoms with E-state index in [9.17, 15) is 24.0 Å². The zero-order chi connectivity index (χ0) is 33.3. The number of carbonyl (C=O) groups excluding carboxylic acids is 5. The van der Waals surface area contributed by atoms with Crippen LogP contribution in [-0.2, 0) is 35.3 Å². The number of anilines is 1. The van der Waals surface area contributed by atoms with E-state index in [-0.39, 0.29) is 43.7 Å². The summed E-state index contributed by atoms with van der Waals surface area (Å²) >= 11 is 0. The second kappa shape index (κ2) is 15.0. The summed E-state index contributed by atoms with van der Waals surface area (Å²) in [6.45, 7) is 8.85. The monoisotopic (exact) mass is 626 g/mol. The molecule has 0 spiro atoms. The average molecular weight is 627 g/mol. The lowest BCUT2D eigenvalue weighted by atomic mass is 9.88. The van der Waals surface area contributed by atoms with Crippen LogP contribution in [0.5, 0.6) is 0 Å². The lowest BCUT2D eigenvalue weighted by molar-refractivity contribution is -0.137. The molecule has 0 aromatic heterocycles. The van der Waals surface area contributed by atoms with Gasteiger partial charge >= 0.3 is 0 Å². The van der Waals surface area contributed by atoms with Gasteiger partial charge in [0.05, 0.1) is 17.8 Å². The second-order valence-electron chi connectivity index (χ2n) is 12.7. The number of benzene rings is 2. The zero-order valence-electron chi connectivity index (χ0n) is 27.0. The molecule has 242 valence electrons. The summed E-state index contributed by atoms with van der Waals surface area (Å²) in [6.07, 6.45) is 3.56. The van der Waals surface area contributed by atoms with Crippen molar-refractivity contribution < 1.29 is 28.7 Å². The lowest BCUT2D eigenvalue weighted by Gasteiger charge is -2.29. The minimum atomic E-state index is -0.728. The maximum atomic E-state index is 13.4. The quantitative estimate of drug-likeness (QED) is 0.245. The second-order valence-corrected chi connectivity index (χ2v) is 12.7. The molecule has 0 unspecified atom stereocenters. The van der Waals surface area contributed by atoms with Crippen molar-refractivity contribution in [2.45, 2.75) is 65.5 Å². The highest BCUT2D eigenvalue weighted by atomic mass is 16.5. The Hall–Kier alpha value is -4.75. The topological polar surface area (TPSA) is 125 Å². The first-order valence-electron chi connectivity index (χ1n) is 15.6. The maximum Gasteiger partial charge on any atom is 0.253 e. The Bertz CT molecular complexity index is 1560. The fourth-order valence-electron chi connectivity index (χ4n) is 5.09. The standard InChI is InChI=1S/C36H42N4O6/c1-35(2,20-24-46-36(3,4)19-22-37-30(41)18-23-39-31(42)15-16-32(39)43)34(45)38-21-17-33(44)40-25-28-11-6-5-9-26(28)13-14-27-10-7-8-12-29(27)40/h5-12,15-16H,17-25H2,1-4H3,(H,37,41)(H,38,45). The Morgan fingerprint density at radius 3 is 2.22 bits per heavy atom. The summed E-state index contributed by atoms with van der Waals surface area (Å²) in [5.41, 5.74) is 2.12. The van der Waals surface area contributed by atoms with Crippen LogP contribution < -0.4 is 15.5 Å². The van der Waals surface area contributed by atoms with E-state index in [0.29, 0.717) is 32.5 Å². The fourth-order valence-corrected chi connectivity index (χ4v) is 5.09. The van der Waals surface area contributed by atoms with Gasteiger partial charge < -0.3 is 20.3 Å². The number of rotatable bonds is 14. The molecule has 2 heterocycles. The molecule has 4 rings (SSSR count). The number of carbonyl (C=O) groups is 5. The summed E-state index contributed by atoms with van der Waals surface area (Å²) in [5, 5.41) is 5.73. The minimum absolute atomic E-state index is 0.0311. The number of amides is 5. The third-order valence-corrected chi connectivity index (χ3v) is 8.14. The molecule has 2 aliphatic rings. The van der Waals surface area contributed by atoms with Gasteiger partial charge in [0, 0.05) is 67.8 Å². The van der Waals surface area contributed by atoms with Crippen molar-refractivity contribution in [2.75, 3.05) is 31.1 Å². The van der Waals surface area contributed by atoms with Crippen LogP contribution in [-0.4, -0.2) is 66.3 Å². The van der Waals surface area contributed by atoms with E-state index in [1.165, 1.54) is 12.2 Å². The number of hydrogen-bond donors (Lipinski definition) is 2. The molecule has 2 N–H and O–H groups in total. The summed E-state index contributed by atoms with van der Waals surface area (Å²) in [4.78, 5) is 64.7. The first-order valence-corrected chi connectivity index (χ1v) is 15.6. The summed E-state index contributed by atoms with van der Waals surface area (Å²) in [6, 6.07) is 15.4. The number of hydrogen-bond acceptors (Lipinski definition) is 6. The van der Waals surface area contributed by atoms with Gasteiger partial charge in [-0.25, -0.2) is 0 Å². The highest BCUT2D eigenvalue weighted by Gasteiger charge is 2.30. The molecule has 0 saturated heterocycles. The van der Waals surface area contributed by atoms with Gasteiger partial charge in [0.25, 0.3) is 11.8 Å². The van der Waals surface area contributed by atoms with Crippen molar-refractivity contribution in [2.24, 2.45) is 5.41 Å². The van der Waals surface area contributed by atoms with E-state index in [2.05, 4.69) is 22.5 Å². The van der Waals surface area contributed by atoms with Crippen molar-refractivity contribution in [1.82, 2.24) is 15.5 Å². The smallest absolute Gasteiger partial charge is 0.253 e. The van der Waals surface area contributed by atoms with Gasteiger partial charge in [0.15, 0.2) is 0 Å². The maximum absolute atomic E-state index is 13.4. The van der Waals surface area contributed by atoms with Crippen LogP contribution in [0.3, 0.4) is 0 Å². The molecule has 46 heavy (non-hydrogen) atoms. The molecule has 2 aliphatic heterocycles. The molecule has 10 heteroatoms. The van der Waals surface area contributed by atoms with Crippen molar-refractivity contribution in [1.29, 1.82) is 0 Å². The molecule has 2 aromatic carbocycles. The number of nitrogens with zero attached hydrogens (tertiary/aromatic N) is 2. The molecule has 10 nitrogen and oxygen atoms in total. The van der Waals surface area contributed by atoms with Crippen molar-refractivity contribution >= 4 is 35.2 Å². The highest BCUT2D eigenvalue weighted by Crippen LogP contribution is 2.26. The van der Waals surface area contributed by atoms with E-state index in [1.807, 2.05) is 76.2 Å². The van der Waals surface area contributed by atoms with Crippen LogP contribution >= 0.6 is 0 Å². The molecule has 0 aliphatic carbocycles. The van der Waals surface area contributed by atoms with Crippen molar-refractivity contribution in [3.05, 3.63) is 77.4 Å². The molecule has 0 bridgehead atoms. The van der Waals surface area contributed by atoms with Crippen LogP contribution in [0.1, 0.15) is 70.1 Å². The van der Waals surface area contributed by atoms with E-state index in [4.69, 9.17) is 4.74 Å². The largest absolute Gasteiger partial charge is 0.375 e. The summed E-state index contributed by atoms with van der Waals surface area (Å²) < 4.78 is 6.06. The summed E-state index contributed by atoms with van der Waals surface area (Å²) in [5.74, 6) is 5.08. The third-order valence-electron chi connectivity index (χ3n) is 8.14. The number of imide groups is 1. The number of fused-ring (bicyclic) bond motifs is 2. The summed E-state index contributed by atoms with van der Waals surface area (Å²) in [7, 11) is 0. The van der Waals surface area contributed by atoms with Gasteiger partial charge in [-0.1, -0.05) is 56.0 Å². The SMILES string of the molecule is CC(C)(CCNC(=O)CCN1C(=O)C=CC1=O)OCCC(C)(C)C(=O)NCCC(=O)N1Cc2ccccc2C#Cc2ccccc21. The van der Waals surface area contributed by atoms with Crippen LogP contribution in [0.25, 0.3) is 0 Å². The normalized spacial score (nSPS) is 14.1.